The van der Waals surface area contributed by atoms with E-state index in [-0.39, 0.29) is 11.5 Å². The Kier molecular flexibility index (Phi) is 8.31. The summed E-state index contributed by atoms with van der Waals surface area (Å²) < 4.78 is 12.4. The van der Waals surface area contributed by atoms with Crippen LogP contribution in [0.1, 0.15) is 46.8 Å². The molecule has 3 aromatic rings. The van der Waals surface area contributed by atoms with E-state index in [1.54, 1.807) is 18.2 Å². The third-order valence-corrected chi connectivity index (χ3v) is 7.04. The number of carbonyl (C=O) groups excluding carboxylic acids is 1. The Bertz CT molecular complexity index is 1380. The topological polar surface area (TPSA) is 76.1 Å². The van der Waals surface area contributed by atoms with Crippen LogP contribution in [0.4, 0.5) is 5.69 Å². The number of thiocarbonyl (C=S) groups is 1. The van der Waals surface area contributed by atoms with Crippen LogP contribution in [0.5, 0.6) is 11.5 Å². The summed E-state index contributed by atoms with van der Waals surface area (Å²) in [5, 5.41) is 9.29. The average Bonchev–Trinajstić information content (AvgIpc) is 3.15. The van der Waals surface area contributed by atoms with E-state index in [4.69, 9.17) is 21.7 Å². The maximum Gasteiger partial charge on any atom is 0.335 e. The van der Waals surface area contributed by atoms with Crippen LogP contribution in [0.25, 0.3) is 6.08 Å². The zero-order valence-electron chi connectivity index (χ0n) is 20.8. The first-order valence-corrected chi connectivity index (χ1v) is 13.0. The number of hydrogen-bond acceptors (Lipinski definition) is 6. The Morgan fingerprint density at radius 1 is 1.03 bits per heavy atom. The molecule has 0 aliphatic carbocycles. The van der Waals surface area contributed by atoms with E-state index in [0.29, 0.717) is 39.8 Å². The molecule has 4 rings (SSSR count). The lowest BCUT2D eigenvalue weighted by molar-refractivity contribution is -0.113. The molecule has 1 aliphatic rings. The lowest BCUT2D eigenvalue weighted by Gasteiger charge is -2.16. The van der Waals surface area contributed by atoms with Crippen LogP contribution < -0.4 is 14.4 Å². The van der Waals surface area contributed by atoms with Crippen molar-refractivity contribution in [1.82, 2.24) is 0 Å². The second-order valence-corrected chi connectivity index (χ2v) is 10.5. The fraction of sp³-hybridized carbons (Fsp3) is 0.207. The summed E-state index contributed by atoms with van der Waals surface area (Å²) in [6.45, 7) is 7.01. The summed E-state index contributed by atoms with van der Waals surface area (Å²) in [5.41, 5.74) is 3.53. The molecule has 0 radical (unpaired) electrons. The molecule has 0 aromatic heterocycles. The van der Waals surface area contributed by atoms with Gasteiger partial charge < -0.3 is 14.6 Å². The molecule has 1 amide bonds. The van der Waals surface area contributed by atoms with E-state index >= 15 is 0 Å². The van der Waals surface area contributed by atoms with Gasteiger partial charge in [-0.2, -0.15) is 0 Å². The number of benzene rings is 3. The molecule has 3 aromatic carbocycles. The first-order chi connectivity index (χ1) is 17.7. The molecule has 190 valence electrons. The Morgan fingerprint density at radius 3 is 2.49 bits per heavy atom. The number of nitrogens with zero attached hydrogens (tertiary/aromatic N) is 1. The number of rotatable bonds is 9. The molecule has 37 heavy (non-hydrogen) atoms. The molecular weight excluding hydrogens is 506 g/mol. The zero-order valence-corrected chi connectivity index (χ0v) is 22.4. The van der Waals surface area contributed by atoms with Gasteiger partial charge in [0.2, 0.25) is 0 Å². The Morgan fingerprint density at radius 2 is 1.76 bits per heavy atom. The number of para-hydroxylation sites is 1. The third kappa shape index (κ3) is 6.21. The second-order valence-electron chi connectivity index (χ2n) is 8.80. The predicted octanol–water partition coefficient (Wildman–Crippen LogP) is 6.68. The van der Waals surface area contributed by atoms with Crippen LogP contribution in [0.2, 0.25) is 0 Å². The van der Waals surface area contributed by atoms with Crippen molar-refractivity contribution in [3.8, 4) is 11.5 Å². The molecule has 0 spiro atoms. The van der Waals surface area contributed by atoms with E-state index in [2.05, 4.69) is 26.0 Å². The SMILES string of the molecule is Cc1ccc(C(C)C)c(OCCOc2ccccc2/C=C2\SC(=S)N(c3cccc(C(=O)O)c3)C2=O)c1. The normalized spacial score (nSPS) is 14.5. The minimum Gasteiger partial charge on any atom is -0.490 e. The highest BCUT2D eigenvalue weighted by atomic mass is 32.2. The van der Waals surface area contributed by atoms with Gasteiger partial charge >= 0.3 is 5.97 Å². The number of carbonyl (C=O) groups is 2. The van der Waals surface area contributed by atoms with Gasteiger partial charge in [-0.15, -0.1) is 0 Å². The number of anilines is 1. The maximum absolute atomic E-state index is 13.2. The zero-order chi connectivity index (χ0) is 26.5. The standard InChI is InChI=1S/C29H27NO5S2/c1-18(2)23-12-11-19(3)15-25(23)35-14-13-34-24-10-5-4-7-20(24)17-26-27(31)30(29(36)37-26)22-9-6-8-21(16-22)28(32)33/h4-12,15-18H,13-14H2,1-3H3,(H,32,33)/b26-17-. The first-order valence-electron chi connectivity index (χ1n) is 11.8. The number of hydrogen-bond donors (Lipinski definition) is 1. The van der Waals surface area contributed by atoms with Crippen LogP contribution >= 0.6 is 24.0 Å². The van der Waals surface area contributed by atoms with Gasteiger partial charge in [0.15, 0.2) is 4.32 Å². The molecule has 0 unspecified atom stereocenters. The van der Waals surface area contributed by atoms with Crippen molar-refractivity contribution < 1.29 is 24.2 Å². The monoisotopic (exact) mass is 533 g/mol. The third-order valence-electron chi connectivity index (χ3n) is 5.74. The Hall–Kier alpha value is -3.62. The number of ether oxygens (including phenoxy) is 2. The number of carboxylic acid groups (broad SMARTS) is 1. The van der Waals surface area contributed by atoms with Gasteiger partial charge in [0.05, 0.1) is 16.2 Å². The molecule has 0 saturated carbocycles. The van der Waals surface area contributed by atoms with E-state index in [0.717, 1.165) is 22.4 Å². The van der Waals surface area contributed by atoms with E-state index in [1.807, 2.05) is 37.3 Å². The quantitative estimate of drug-likeness (QED) is 0.187. The fourth-order valence-electron chi connectivity index (χ4n) is 3.89. The summed E-state index contributed by atoms with van der Waals surface area (Å²) >= 11 is 6.60. The van der Waals surface area contributed by atoms with Gasteiger partial charge in [-0.1, -0.05) is 74.2 Å². The van der Waals surface area contributed by atoms with Gasteiger partial charge in [0.1, 0.15) is 24.7 Å². The van der Waals surface area contributed by atoms with Crippen molar-refractivity contribution >= 4 is 51.9 Å². The highest BCUT2D eigenvalue weighted by molar-refractivity contribution is 8.27. The number of aryl methyl sites for hydroxylation is 1. The lowest BCUT2D eigenvalue weighted by Crippen LogP contribution is -2.27. The number of carboxylic acids is 1. The summed E-state index contributed by atoms with van der Waals surface area (Å²) in [4.78, 5) is 26.3. The number of amides is 1. The van der Waals surface area contributed by atoms with Gasteiger partial charge in [0.25, 0.3) is 5.91 Å². The van der Waals surface area contributed by atoms with E-state index < -0.39 is 5.97 Å². The van der Waals surface area contributed by atoms with Crippen molar-refractivity contribution in [2.45, 2.75) is 26.7 Å². The molecular formula is C29H27NO5S2. The van der Waals surface area contributed by atoms with Gasteiger partial charge in [-0.05, 0) is 60.4 Å². The fourth-order valence-corrected chi connectivity index (χ4v) is 5.18. The van der Waals surface area contributed by atoms with Crippen molar-refractivity contribution in [3.63, 3.8) is 0 Å². The summed E-state index contributed by atoms with van der Waals surface area (Å²) in [6, 6.07) is 19.8. The molecule has 0 atom stereocenters. The summed E-state index contributed by atoms with van der Waals surface area (Å²) in [6.07, 6.45) is 1.74. The summed E-state index contributed by atoms with van der Waals surface area (Å²) in [5.74, 6) is 0.458. The highest BCUT2D eigenvalue weighted by Crippen LogP contribution is 2.37. The molecule has 0 bridgehead atoms. The van der Waals surface area contributed by atoms with E-state index in [1.165, 1.54) is 28.8 Å². The number of aromatic carboxylic acids is 1. The molecule has 8 heteroatoms. The Balaban J connectivity index is 1.46. The van der Waals surface area contributed by atoms with Crippen molar-refractivity contribution in [3.05, 3.63) is 93.9 Å². The van der Waals surface area contributed by atoms with Crippen LogP contribution in [-0.4, -0.2) is 34.5 Å². The van der Waals surface area contributed by atoms with Gasteiger partial charge in [0, 0.05) is 5.56 Å². The van der Waals surface area contributed by atoms with Crippen LogP contribution in [-0.2, 0) is 4.79 Å². The van der Waals surface area contributed by atoms with Crippen LogP contribution in [0, 0.1) is 6.92 Å². The second kappa shape index (κ2) is 11.6. The minimum atomic E-state index is -1.07. The molecule has 1 heterocycles. The largest absolute Gasteiger partial charge is 0.490 e. The molecule has 1 fully saturated rings. The lowest BCUT2D eigenvalue weighted by atomic mass is 10.0. The molecule has 6 nitrogen and oxygen atoms in total. The van der Waals surface area contributed by atoms with Crippen molar-refractivity contribution in [2.24, 2.45) is 0 Å². The number of thioether (sulfide) groups is 1. The van der Waals surface area contributed by atoms with Gasteiger partial charge in [-0.25, -0.2) is 4.79 Å². The Labute approximate surface area is 225 Å². The van der Waals surface area contributed by atoms with Crippen LogP contribution in [0.15, 0.2) is 71.6 Å². The first kappa shape index (κ1) is 26.4. The predicted molar refractivity (Wildman–Crippen MR) is 152 cm³/mol. The maximum atomic E-state index is 13.2. The smallest absolute Gasteiger partial charge is 0.335 e. The summed E-state index contributed by atoms with van der Waals surface area (Å²) in [7, 11) is 0. The average molecular weight is 534 g/mol. The molecule has 1 N–H and O–H groups in total. The molecule has 1 aliphatic heterocycles. The minimum absolute atomic E-state index is 0.0858. The van der Waals surface area contributed by atoms with Gasteiger partial charge in [-0.3, -0.25) is 9.69 Å². The van der Waals surface area contributed by atoms with E-state index in [9.17, 15) is 14.7 Å². The van der Waals surface area contributed by atoms with Crippen molar-refractivity contribution in [1.29, 1.82) is 0 Å². The van der Waals surface area contributed by atoms with Crippen molar-refractivity contribution in [2.75, 3.05) is 18.1 Å². The highest BCUT2D eigenvalue weighted by Gasteiger charge is 2.33. The van der Waals surface area contributed by atoms with Crippen LogP contribution in [0.3, 0.4) is 0 Å². The molecule has 1 saturated heterocycles.